The number of carbonyl (C=O) groups excluding carboxylic acids is 2. The third-order valence-corrected chi connectivity index (χ3v) is 10.7. The lowest BCUT2D eigenvalue weighted by atomic mass is 9.95. The van der Waals surface area contributed by atoms with Crippen molar-refractivity contribution in [2.45, 2.75) is 69.0 Å². The molecule has 230 valence electrons. The molecular formula is C31H33Cl4N3O4S. The van der Waals surface area contributed by atoms with E-state index < -0.39 is 28.5 Å². The zero-order valence-corrected chi connectivity index (χ0v) is 27.5. The largest absolute Gasteiger partial charge is 0.352 e. The van der Waals surface area contributed by atoms with Crippen LogP contribution in [-0.2, 0) is 26.2 Å². The summed E-state index contributed by atoms with van der Waals surface area (Å²) in [5.41, 5.74) is 0.791. The van der Waals surface area contributed by atoms with Crippen LogP contribution in [0.25, 0.3) is 0 Å². The summed E-state index contributed by atoms with van der Waals surface area (Å²) in [6.45, 7) is 1.23. The molecule has 0 aliphatic heterocycles. The maximum absolute atomic E-state index is 14.2. The minimum absolute atomic E-state index is 0.00686. The van der Waals surface area contributed by atoms with Gasteiger partial charge in [0.1, 0.15) is 12.6 Å². The molecule has 43 heavy (non-hydrogen) atoms. The molecule has 1 saturated carbocycles. The van der Waals surface area contributed by atoms with Gasteiger partial charge < -0.3 is 10.2 Å². The predicted octanol–water partition coefficient (Wildman–Crippen LogP) is 7.75. The molecule has 0 aromatic heterocycles. The Morgan fingerprint density at radius 1 is 0.860 bits per heavy atom. The quantitative estimate of drug-likeness (QED) is 0.224. The van der Waals surface area contributed by atoms with Crippen molar-refractivity contribution < 1.29 is 18.0 Å². The van der Waals surface area contributed by atoms with E-state index in [2.05, 4.69) is 5.32 Å². The van der Waals surface area contributed by atoms with Gasteiger partial charge in [0, 0.05) is 12.6 Å². The second kappa shape index (κ2) is 15.0. The molecule has 0 radical (unpaired) electrons. The SMILES string of the molecule is CC[C@@H](C(=O)NC1CCCCC1)N(Cc1ccc(Cl)c(Cl)c1)C(=O)CN(c1ccc(Cl)c(Cl)c1)S(=O)(=O)c1ccccc1. The summed E-state index contributed by atoms with van der Waals surface area (Å²) < 4.78 is 28.8. The van der Waals surface area contributed by atoms with Crippen LogP contribution in [0.1, 0.15) is 51.0 Å². The monoisotopic (exact) mass is 683 g/mol. The van der Waals surface area contributed by atoms with Crippen molar-refractivity contribution in [3.05, 3.63) is 92.4 Å². The minimum Gasteiger partial charge on any atom is -0.352 e. The van der Waals surface area contributed by atoms with Gasteiger partial charge in [-0.3, -0.25) is 13.9 Å². The highest BCUT2D eigenvalue weighted by atomic mass is 35.5. The fraction of sp³-hybridized carbons (Fsp3) is 0.355. The van der Waals surface area contributed by atoms with Gasteiger partial charge in [-0.05, 0) is 67.3 Å². The van der Waals surface area contributed by atoms with E-state index in [1.54, 1.807) is 36.4 Å². The van der Waals surface area contributed by atoms with Gasteiger partial charge in [0.05, 0.1) is 30.7 Å². The number of halogens is 4. The molecular weight excluding hydrogens is 652 g/mol. The molecule has 0 bridgehead atoms. The van der Waals surface area contributed by atoms with Gasteiger partial charge in [0.15, 0.2) is 0 Å². The number of benzene rings is 3. The lowest BCUT2D eigenvalue weighted by Gasteiger charge is -2.34. The first-order valence-corrected chi connectivity index (χ1v) is 17.0. The number of rotatable bonds is 11. The normalized spacial score (nSPS) is 14.6. The standard InChI is InChI=1S/C31H33Cl4N3O4S/c1-2-29(31(40)36-22-9-5-3-6-10-22)37(19-21-13-15-25(32)27(34)17-21)30(39)20-38(23-14-16-26(33)28(35)18-23)43(41,42)24-11-7-4-8-12-24/h4,7-8,11-18,22,29H,2-3,5-6,9-10,19-20H2,1H3,(H,36,40)/t29-/m0/s1. The Balaban J connectivity index is 1.73. The van der Waals surface area contributed by atoms with Crippen LogP contribution in [0, 0.1) is 0 Å². The molecule has 4 rings (SSSR count). The van der Waals surface area contributed by atoms with Crippen LogP contribution in [0.3, 0.4) is 0 Å². The highest BCUT2D eigenvalue weighted by Crippen LogP contribution is 2.31. The molecule has 2 amide bonds. The summed E-state index contributed by atoms with van der Waals surface area (Å²) in [6.07, 6.45) is 5.26. The summed E-state index contributed by atoms with van der Waals surface area (Å²) in [5, 5.41) is 4.14. The fourth-order valence-corrected chi connectivity index (χ4v) is 7.23. The Morgan fingerprint density at radius 2 is 1.49 bits per heavy atom. The number of sulfonamides is 1. The second-order valence-corrected chi connectivity index (χ2v) is 14.0. The average molecular weight is 686 g/mol. The van der Waals surface area contributed by atoms with Crippen LogP contribution < -0.4 is 9.62 Å². The summed E-state index contributed by atoms with van der Waals surface area (Å²) in [7, 11) is -4.23. The van der Waals surface area contributed by atoms with Crippen molar-refractivity contribution >= 4 is 73.9 Å². The number of anilines is 1. The second-order valence-electron chi connectivity index (χ2n) is 10.5. The molecule has 3 aromatic carbocycles. The van der Waals surface area contributed by atoms with Crippen molar-refractivity contribution in [2.75, 3.05) is 10.8 Å². The number of amides is 2. The summed E-state index contributed by atoms with van der Waals surface area (Å²) in [5.74, 6) is -0.864. The fourth-order valence-electron chi connectivity index (χ4n) is 5.19. The van der Waals surface area contributed by atoms with Gasteiger partial charge >= 0.3 is 0 Å². The van der Waals surface area contributed by atoms with Crippen LogP contribution in [-0.4, -0.2) is 43.8 Å². The van der Waals surface area contributed by atoms with E-state index in [0.717, 1.165) is 36.4 Å². The van der Waals surface area contributed by atoms with Crippen molar-refractivity contribution in [1.82, 2.24) is 10.2 Å². The molecule has 0 unspecified atom stereocenters. The highest BCUT2D eigenvalue weighted by molar-refractivity contribution is 7.92. The van der Waals surface area contributed by atoms with Crippen LogP contribution in [0.4, 0.5) is 5.69 Å². The van der Waals surface area contributed by atoms with Gasteiger partial charge in [-0.15, -0.1) is 0 Å². The topological polar surface area (TPSA) is 86.8 Å². The van der Waals surface area contributed by atoms with Crippen molar-refractivity contribution in [1.29, 1.82) is 0 Å². The van der Waals surface area contributed by atoms with E-state index in [1.165, 1.54) is 35.2 Å². The Hall–Kier alpha value is -2.49. The van der Waals surface area contributed by atoms with E-state index in [0.29, 0.717) is 22.0 Å². The van der Waals surface area contributed by atoms with Crippen molar-refractivity contribution in [2.24, 2.45) is 0 Å². The van der Waals surface area contributed by atoms with E-state index in [-0.39, 0.29) is 39.1 Å². The predicted molar refractivity (Wildman–Crippen MR) is 174 cm³/mol. The number of nitrogens with zero attached hydrogens (tertiary/aromatic N) is 2. The van der Waals surface area contributed by atoms with E-state index in [1.807, 2.05) is 6.92 Å². The summed E-state index contributed by atoms with van der Waals surface area (Å²) in [6, 6.07) is 16.3. The van der Waals surface area contributed by atoms with E-state index >= 15 is 0 Å². The Bertz CT molecular complexity index is 1550. The van der Waals surface area contributed by atoms with Gasteiger partial charge in [-0.2, -0.15) is 0 Å². The van der Waals surface area contributed by atoms with Gasteiger partial charge in [-0.1, -0.05) is 96.9 Å². The van der Waals surface area contributed by atoms with Crippen LogP contribution in [0.2, 0.25) is 20.1 Å². The maximum Gasteiger partial charge on any atom is 0.264 e. The number of carbonyl (C=O) groups is 2. The molecule has 3 aromatic rings. The first-order valence-electron chi connectivity index (χ1n) is 14.1. The molecule has 1 aliphatic rings. The number of nitrogens with one attached hydrogen (secondary N) is 1. The molecule has 0 heterocycles. The maximum atomic E-state index is 14.2. The van der Waals surface area contributed by atoms with E-state index in [9.17, 15) is 18.0 Å². The van der Waals surface area contributed by atoms with Crippen LogP contribution in [0.15, 0.2) is 71.6 Å². The summed E-state index contributed by atoms with van der Waals surface area (Å²) in [4.78, 5) is 29.3. The first-order chi connectivity index (χ1) is 20.5. The molecule has 0 saturated heterocycles. The van der Waals surface area contributed by atoms with Gasteiger partial charge in [0.2, 0.25) is 11.8 Å². The number of hydrogen-bond acceptors (Lipinski definition) is 4. The highest BCUT2D eigenvalue weighted by Gasteiger charge is 2.34. The molecule has 1 N–H and O–H groups in total. The van der Waals surface area contributed by atoms with Crippen LogP contribution in [0.5, 0.6) is 0 Å². The van der Waals surface area contributed by atoms with Gasteiger partial charge in [-0.25, -0.2) is 8.42 Å². The third-order valence-electron chi connectivity index (χ3n) is 7.48. The Kier molecular flexibility index (Phi) is 11.6. The van der Waals surface area contributed by atoms with E-state index in [4.69, 9.17) is 46.4 Å². The zero-order chi connectivity index (χ0) is 31.1. The minimum atomic E-state index is -4.23. The molecule has 1 aliphatic carbocycles. The lowest BCUT2D eigenvalue weighted by molar-refractivity contribution is -0.140. The van der Waals surface area contributed by atoms with Crippen molar-refractivity contribution in [3.63, 3.8) is 0 Å². The smallest absolute Gasteiger partial charge is 0.264 e. The lowest BCUT2D eigenvalue weighted by Crippen LogP contribution is -2.54. The summed E-state index contributed by atoms with van der Waals surface area (Å²) >= 11 is 24.8. The third kappa shape index (κ3) is 8.37. The molecule has 1 atom stereocenters. The Labute approximate surface area is 273 Å². The number of hydrogen-bond donors (Lipinski definition) is 1. The molecule has 1 fully saturated rings. The van der Waals surface area contributed by atoms with Gasteiger partial charge in [0.25, 0.3) is 10.0 Å². The average Bonchev–Trinajstić information content (AvgIpc) is 3.00. The first kappa shape index (κ1) is 33.4. The van der Waals surface area contributed by atoms with Crippen LogP contribution >= 0.6 is 46.4 Å². The molecule has 7 nitrogen and oxygen atoms in total. The Morgan fingerprint density at radius 3 is 2.09 bits per heavy atom. The molecule has 0 spiro atoms. The van der Waals surface area contributed by atoms with Crippen molar-refractivity contribution in [3.8, 4) is 0 Å². The zero-order valence-electron chi connectivity index (χ0n) is 23.6. The molecule has 12 heteroatoms.